The first-order chi connectivity index (χ1) is 13.8. The van der Waals surface area contributed by atoms with Crippen LogP contribution in [0.1, 0.15) is 32.6 Å². The SMILES string of the molecule is CC(=O)CC(C(=O)N=O)N1CCN(CC(=O)O)CCN(CC(=O)C2CCC2)CC1. The van der Waals surface area contributed by atoms with E-state index in [0.717, 1.165) is 19.3 Å². The van der Waals surface area contributed by atoms with Crippen molar-refractivity contribution in [3.63, 3.8) is 0 Å². The summed E-state index contributed by atoms with van der Waals surface area (Å²) in [5, 5.41) is 11.7. The number of nitrogens with zero attached hydrogens (tertiary/aromatic N) is 4. The molecule has 2 rings (SSSR count). The second-order valence-electron chi connectivity index (χ2n) is 7.93. The van der Waals surface area contributed by atoms with Gasteiger partial charge in [0.15, 0.2) is 0 Å². The van der Waals surface area contributed by atoms with Gasteiger partial charge in [-0.05, 0) is 19.8 Å². The molecule has 10 heteroatoms. The fourth-order valence-corrected chi connectivity index (χ4v) is 3.76. The van der Waals surface area contributed by atoms with Gasteiger partial charge in [0.1, 0.15) is 17.6 Å². The molecule has 1 atom stereocenters. The summed E-state index contributed by atoms with van der Waals surface area (Å²) in [6.07, 6.45) is 2.79. The highest BCUT2D eigenvalue weighted by Crippen LogP contribution is 2.27. The van der Waals surface area contributed by atoms with E-state index in [4.69, 9.17) is 5.11 Å². The summed E-state index contributed by atoms with van der Waals surface area (Å²) in [6, 6.07) is -0.959. The second-order valence-corrected chi connectivity index (χ2v) is 7.93. The van der Waals surface area contributed by atoms with Crippen LogP contribution in [-0.2, 0) is 19.2 Å². The van der Waals surface area contributed by atoms with Crippen molar-refractivity contribution >= 4 is 23.4 Å². The van der Waals surface area contributed by atoms with E-state index in [1.807, 2.05) is 4.90 Å². The minimum absolute atomic E-state index is 0.111. The maximum absolute atomic E-state index is 12.4. The van der Waals surface area contributed by atoms with Crippen molar-refractivity contribution in [2.24, 2.45) is 11.1 Å². The molecule has 1 saturated heterocycles. The predicted molar refractivity (Wildman–Crippen MR) is 104 cm³/mol. The first-order valence-corrected chi connectivity index (χ1v) is 10.1. The number of carboxylic acid groups (broad SMARTS) is 1. The molecule has 2 fully saturated rings. The average Bonchev–Trinajstić information content (AvgIpc) is 2.69. The summed E-state index contributed by atoms with van der Waals surface area (Å²) in [7, 11) is 0. The molecule has 1 amide bonds. The normalized spacial score (nSPS) is 21.3. The van der Waals surface area contributed by atoms with Crippen LogP contribution in [0.15, 0.2) is 5.18 Å². The van der Waals surface area contributed by atoms with Gasteiger partial charge in [0.2, 0.25) is 0 Å². The highest BCUT2D eigenvalue weighted by atomic mass is 16.4. The third kappa shape index (κ3) is 7.37. The predicted octanol–water partition coefficient (Wildman–Crippen LogP) is 0.000500. The standard InChI is InChI=1S/C19H30N4O6/c1-14(24)11-16(19(28)20-29)23-9-7-21(12-17(25)15-3-2-4-15)5-6-22(8-10-23)13-18(26)27/h15-16H,2-13H2,1H3,(H,26,27). The molecular weight excluding hydrogens is 380 g/mol. The van der Waals surface area contributed by atoms with Gasteiger partial charge >= 0.3 is 11.9 Å². The number of ketones is 2. The van der Waals surface area contributed by atoms with Crippen LogP contribution in [0.2, 0.25) is 0 Å². The largest absolute Gasteiger partial charge is 0.480 e. The highest BCUT2D eigenvalue weighted by molar-refractivity contribution is 5.88. The van der Waals surface area contributed by atoms with Crippen molar-refractivity contribution in [3.8, 4) is 0 Å². The lowest BCUT2D eigenvalue weighted by molar-refractivity contribution is -0.138. The molecule has 0 aromatic rings. The highest BCUT2D eigenvalue weighted by Gasteiger charge is 2.31. The van der Waals surface area contributed by atoms with E-state index in [1.165, 1.54) is 6.92 Å². The summed E-state index contributed by atoms with van der Waals surface area (Å²) >= 11 is 0. The van der Waals surface area contributed by atoms with Crippen LogP contribution in [0.4, 0.5) is 0 Å². The maximum atomic E-state index is 12.4. The Morgan fingerprint density at radius 2 is 1.52 bits per heavy atom. The molecular formula is C19H30N4O6. The van der Waals surface area contributed by atoms with Gasteiger partial charge in [-0.15, -0.1) is 4.91 Å². The second kappa shape index (κ2) is 11.2. The zero-order chi connectivity index (χ0) is 21.4. The Kier molecular flexibility index (Phi) is 8.99. The lowest BCUT2D eigenvalue weighted by Gasteiger charge is -2.31. The number of carbonyl (C=O) groups excluding carboxylic acids is 3. The molecule has 1 N–H and O–H groups in total. The van der Waals surface area contributed by atoms with Crippen LogP contribution in [0.3, 0.4) is 0 Å². The van der Waals surface area contributed by atoms with Gasteiger partial charge < -0.3 is 5.11 Å². The van der Waals surface area contributed by atoms with E-state index in [0.29, 0.717) is 39.3 Å². The first-order valence-electron chi connectivity index (χ1n) is 10.1. The molecule has 0 aromatic carbocycles. The van der Waals surface area contributed by atoms with Crippen LogP contribution < -0.4 is 0 Å². The smallest absolute Gasteiger partial charge is 0.317 e. The van der Waals surface area contributed by atoms with E-state index in [1.54, 1.807) is 9.80 Å². The Morgan fingerprint density at radius 1 is 0.966 bits per heavy atom. The molecule has 1 aliphatic carbocycles. The van der Waals surface area contributed by atoms with E-state index < -0.39 is 17.9 Å². The van der Waals surface area contributed by atoms with Crippen molar-refractivity contribution in [1.82, 2.24) is 14.7 Å². The zero-order valence-corrected chi connectivity index (χ0v) is 16.9. The monoisotopic (exact) mass is 410 g/mol. The molecule has 0 bridgehead atoms. The van der Waals surface area contributed by atoms with Gasteiger partial charge in [-0.3, -0.25) is 33.9 Å². The third-order valence-electron chi connectivity index (χ3n) is 5.73. The summed E-state index contributed by atoms with van der Waals surface area (Å²) < 4.78 is 0. The molecule has 10 nitrogen and oxygen atoms in total. The van der Waals surface area contributed by atoms with Gasteiger partial charge in [-0.25, -0.2) is 0 Å². The molecule has 2 aliphatic rings. The number of aliphatic carboxylic acids is 1. The minimum atomic E-state index is -0.959. The van der Waals surface area contributed by atoms with Crippen LogP contribution >= 0.6 is 0 Å². The Balaban J connectivity index is 2.13. The number of hydrogen-bond acceptors (Lipinski definition) is 8. The number of nitroso groups, excluding NO2 is 1. The van der Waals surface area contributed by atoms with E-state index >= 15 is 0 Å². The van der Waals surface area contributed by atoms with Crippen molar-refractivity contribution in [2.75, 3.05) is 52.4 Å². The zero-order valence-electron chi connectivity index (χ0n) is 16.9. The molecule has 1 unspecified atom stereocenters. The summed E-state index contributed by atoms with van der Waals surface area (Å²) in [5.41, 5.74) is 0. The quantitative estimate of drug-likeness (QED) is 0.522. The van der Waals surface area contributed by atoms with Gasteiger partial charge in [-0.2, -0.15) is 0 Å². The van der Waals surface area contributed by atoms with Gasteiger partial charge in [-0.1, -0.05) is 6.42 Å². The Morgan fingerprint density at radius 3 is 1.97 bits per heavy atom. The fraction of sp³-hybridized carbons (Fsp3) is 0.789. The molecule has 162 valence electrons. The van der Waals surface area contributed by atoms with Crippen molar-refractivity contribution in [1.29, 1.82) is 0 Å². The van der Waals surface area contributed by atoms with E-state index in [-0.39, 0.29) is 37.0 Å². The van der Waals surface area contributed by atoms with Crippen molar-refractivity contribution in [3.05, 3.63) is 4.91 Å². The molecule has 1 heterocycles. The number of carboxylic acids is 1. The number of hydrogen-bond donors (Lipinski definition) is 1. The Bertz CT molecular complexity index is 636. The average molecular weight is 410 g/mol. The van der Waals surface area contributed by atoms with Crippen LogP contribution in [-0.4, -0.2) is 102 Å². The minimum Gasteiger partial charge on any atom is -0.480 e. The molecule has 0 aromatic heterocycles. The molecule has 1 aliphatic heterocycles. The molecule has 0 spiro atoms. The third-order valence-corrected chi connectivity index (χ3v) is 5.73. The lowest BCUT2D eigenvalue weighted by atomic mass is 9.82. The van der Waals surface area contributed by atoms with Crippen LogP contribution in [0, 0.1) is 10.8 Å². The number of amides is 1. The van der Waals surface area contributed by atoms with Crippen molar-refractivity contribution in [2.45, 2.75) is 38.6 Å². The number of Topliss-reactive ketones (excluding diaryl/α,β-unsaturated/α-hetero) is 2. The summed E-state index contributed by atoms with van der Waals surface area (Å²) in [4.78, 5) is 63.5. The fourth-order valence-electron chi connectivity index (χ4n) is 3.76. The topological polar surface area (TPSA) is 128 Å². The first kappa shape index (κ1) is 23.2. The van der Waals surface area contributed by atoms with E-state index in [9.17, 15) is 24.1 Å². The van der Waals surface area contributed by atoms with Crippen LogP contribution in [0.5, 0.6) is 0 Å². The summed E-state index contributed by atoms with van der Waals surface area (Å²) in [6.45, 7) is 4.08. The maximum Gasteiger partial charge on any atom is 0.317 e. The molecule has 1 saturated carbocycles. The number of carbonyl (C=O) groups is 4. The molecule has 0 radical (unpaired) electrons. The Hall–Kier alpha value is -2.04. The van der Waals surface area contributed by atoms with Crippen LogP contribution in [0.25, 0.3) is 0 Å². The summed E-state index contributed by atoms with van der Waals surface area (Å²) in [5.74, 6) is -1.79. The number of rotatable bonds is 9. The van der Waals surface area contributed by atoms with Gasteiger partial charge in [0, 0.05) is 56.8 Å². The van der Waals surface area contributed by atoms with Gasteiger partial charge in [0.05, 0.1) is 13.1 Å². The molecule has 29 heavy (non-hydrogen) atoms. The lowest BCUT2D eigenvalue weighted by Crippen LogP contribution is -2.47. The van der Waals surface area contributed by atoms with Gasteiger partial charge in [0.25, 0.3) is 0 Å². The van der Waals surface area contributed by atoms with E-state index in [2.05, 4.69) is 5.18 Å². The van der Waals surface area contributed by atoms with Crippen molar-refractivity contribution < 1.29 is 24.3 Å². The Labute approximate surface area is 170 Å².